The predicted molar refractivity (Wildman–Crippen MR) is 121 cm³/mol. The number of aryl methyl sites for hydroxylation is 1. The maximum Gasteiger partial charge on any atom is 0.217 e. The molecule has 30 heavy (non-hydrogen) atoms. The van der Waals surface area contributed by atoms with Gasteiger partial charge in [0.05, 0.1) is 7.11 Å². The third-order valence-electron chi connectivity index (χ3n) is 4.92. The van der Waals surface area contributed by atoms with Gasteiger partial charge in [0.1, 0.15) is 12.1 Å². The number of aromatic amines is 1. The number of hydrogen-bond donors (Lipinski definition) is 2. The number of carbonyl (C=O) groups is 1. The first-order valence-electron chi connectivity index (χ1n) is 10.4. The van der Waals surface area contributed by atoms with Crippen LogP contribution in [0, 0.1) is 6.92 Å². The maximum atomic E-state index is 9.59. The molecule has 3 aromatic rings. The van der Waals surface area contributed by atoms with Crippen molar-refractivity contribution in [3.63, 3.8) is 0 Å². The first kappa shape index (κ1) is 23.1. The minimum Gasteiger partial charge on any atom is -0.497 e. The topological polar surface area (TPSA) is 93.9 Å². The summed E-state index contributed by atoms with van der Waals surface area (Å²) in [6, 6.07) is 14.4. The highest BCUT2D eigenvalue weighted by atomic mass is 16.5. The van der Waals surface area contributed by atoms with E-state index in [0.717, 1.165) is 17.1 Å². The number of rotatable bonds is 4. The van der Waals surface area contributed by atoms with Crippen molar-refractivity contribution in [2.24, 2.45) is 5.73 Å². The molecule has 4 rings (SSSR count). The normalized spacial score (nSPS) is 12.2. The minimum atomic E-state index is -0.245. The van der Waals surface area contributed by atoms with E-state index in [1.165, 1.54) is 55.1 Å². The van der Waals surface area contributed by atoms with E-state index in [1.54, 1.807) is 14.0 Å². The molecule has 1 aliphatic carbocycles. The number of amides is 1. The van der Waals surface area contributed by atoms with Crippen LogP contribution in [0.4, 0.5) is 0 Å². The molecule has 0 unspecified atom stereocenters. The minimum absolute atomic E-state index is 0.245. The second kappa shape index (κ2) is 12.4. The zero-order valence-electron chi connectivity index (χ0n) is 18.1. The fourth-order valence-electron chi connectivity index (χ4n) is 3.12. The first-order valence-corrected chi connectivity index (χ1v) is 10.4. The zero-order valence-corrected chi connectivity index (χ0v) is 18.1. The molecular weight excluding hydrogens is 376 g/mol. The van der Waals surface area contributed by atoms with Gasteiger partial charge in [-0.1, -0.05) is 69.4 Å². The number of methoxy groups -OCH3 is 1. The largest absolute Gasteiger partial charge is 0.497 e. The lowest BCUT2D eigenvalue weighted by atomic mass is 9.99. The van der Waals surface area contributed by atoms with Crippen LogP contribution in [0.25, 0.3) is 22.5 Å². The van der Waals surface area contributed by atoms with Gasteiger partial charge in [-0.3, -0.25) is 9.89 Å². The van der Waals surface area contributed by atoms with Gasteiger partial charge < -0.3 is 10.5 Å². The molecule has 160 valence electrons. The average Bonchev–Trinajstić information content (AvgIpc) is 3.51. The molecular formula is C24H32N4O2. The van der Waals surface area contributed by atoms with Crippen LogP contribution in [0.3, 0.4) is 0 Å². The van der Waals surface area contributed by atoms with Crippen LogP contribution < -0.4 is 10.5 Å². The van der Waals surface area contributed by atoms with Crippen LogP contribution in [0.15, 0.2) is 48.8 Å². The van der Waals surface area contributed by atoms with Gasteiger partial charge in [-0.15, -0.1) is 0 Å². The number of hydrogen-bond acceptors (Lipinski definition) is 4. The van der Waals surface area contributed by atoms with E-state index >= 15 is 0 Å². The average molecular weight is 409 g/mol. The lowest BCUT2D eigenvalue weighted by Gasteiger charge is -2.08. The van der Waals surface area contributed by atoms with E-state index in [9.17, 15) is 4.79 Å². The molecule has 1 fully saturated rings. The molecule has 1 aromatic heterocycles. The summed E-state index contributed by atoms with van der Waals surface area (Å²) in [5.41, 5.74) is 9.25. The molecule has 1 heterocycles. The molecule has 6 nitrogen and oxygen atoms in total. The Bertz CT molecular complexity index is 878. The Morgan fingerprint density at radius 1 is 1.03 bits per heavy atom. The van der Waals surface area contributed by atoms with Gasteiger partial charge in [0.25, 0.3) is 0 Å². The molecule has 6 heteroatoms. The number of carbonyl (C=O) groups excluding carboxylic acids is 1. The molecule has 0 spiro atoms. The van der Waals surface area contributed by atoms with Gasteiger partial charge in [-0.05, 0) is 35.7 Å². The van der Waals surface area contributed by atoms with Crippen molar-refractivity contribution in [1.82, 2.24) is 15.2 Å². The van der Waals surface area contributed by atoms with Crippen LogP contribution in [-0.2, 0) is 4.79 Å². The number of ether oxygens (including phenoxy) is 1. The van der Waals surface area contributed by atoms with Gasteiger partial charge >= 0.3 is 0 Å². The summed E-state index contributed by atoms with van der Waals surface area (Å²) in [4.78, 5) is 13.7. The van der Waals surface area contributed by atoms with Gasteiger partial charge in [0.15, 0.2) is 5.82 Å². The molecule has 0 atom stereocenters. The lowest BCUT2D eigenvalue weighted by Crippen LogP contribution is -2.06. The highest BCUT2D eigenvalue weighted by Gasteiger charge is 2.05. The summed E-state index contributed by atoms with van der Waals surface area (Å²) < 4.78 is 5.23. The molecule has 1 amide bonds. The van der Waals surface area contributed by atoms with Crippen molar-refractivity contribution in [3.8, 4) is 28.3 Å². The van der Waals surface area contributed by atoms with E-state index in [2.05, 4.69) is 46.0 Å². The quantitative estimate of drug-likeness (QED) is 0.613. The van der Waals surface area contributed by atoms with E-state index in [4.69, 9.17) is 4.74 Å². The molecule has 3 N–H and O–H groups in total. The summed E-state index contributed by atoms with van der Waals surface area (Å²) in [5, 5.41) is 6.72. The van der Waals surface area contributed by atoms with Crippen molar-refractivity contribution in [3.05, 3.63) is 54.4 Å². The maximum absolute atomic E-state index is 9.59. The van der Waals surface area contributed by atoms with Crippen molar-refractivity contribution in [1.29, 1.82) is 0 Å². The Morgan fingerprint density at radius 3 is 2.03 bits per heavy atom. The van der Waals surface area contributed by atoms with E-state index < -0.39 is 0 Å². The van der Waals surface area contributed by atoms with Crippen molar-refractivity contribution in [2.75, 3.05) is 7.11 Å². The number of primary amides is 1. The summed E-state index contributed by atoms with van der Waals surface area (Å²) >= 11 is 0. The number of nitrogens with one attached hydrogen (secondary N) is 1. The van der Waals surface area contributed by atoms with Gasteiger partial charge in [-0.25, -0.2) is 4.98 Å². The number of H-pyrrole nitrogens is 1. The molecule has 0 bridgehead atoms. The van der Waals surface area contributed by atoms with E-state index in [0.29, 0.717) is 6.42 Å². The fraction of sp³-hybridized carbons (Fsp3) is 0.375. The van der Waals surface area contributed by atoms with Crippen LogP contribution in [0.1, 0.15) is 51.0 Å². The Hall–Kier alpha value is -3.15. The van der Waals surface area contributed by atoms with Gasteiger partial charge in [0.2, 0.25) is 5.91 Å². The molecule has 1 saturated carbocycles. The number of nitrogens with two attached hydrogens (primary N) is 1. The van der Waals surface area contributed by atoms with Crippen LogP contribution in [0.2, 0.25) is 0 Å². The number of benzene rings is 2. The Morgan fingerprint density at radius 2 is 1.60 bits per heavy atom. The Kier molecular flexibility index (Phi) is 9.58. The van der Waals surface area contributed by atoms with Crippen molar-refractivity contribution in [2.45, 2.75) is 52.4 Å². The van der Waals surface area contributed by atoms with Crippen LogP contribution >= 0.6 is 0 Å². The SMILES string of the molecule is C1CCCC1.CCC(N)=O.COc1ccc(-c2ccc(-c3ncn[nH]3)cc2)c(C)c1. The first-order chi connectivity index (χ1) is 14.5. The molecule has 0 radical (unpaired) electrons. The van der Waals surface area contributed by atoms with E-state index in [-0.39, 0.29) is 5.91 Å². The van der Waals surface area contributed by atoms with E-state index in [1.807, 2.05) is 24.3 Å². The second-order valence-electron chi connectivity index (χ2n) is 7.18. The monoisotopic (exact) mass is 408 g/mol. The van der Waals surface area contributed by atoms with Crippen LogP contribution in [0.5, 0.6) is 5.75 Å². The Labute approximate surface area is 178 Å². The molecule has 1 aliphatic rings. The summed E-state index contributed by atoms with van der Waals surface area (Å²) in [6.07, 6.45) is 9.46. The van der Waals surface area contributed by atoms with Crippen molar-refractivity contribution < 1.29 is 9.53 Å². The summed E-state index contributed by atoms with van der Waals surface area (Å²) in [5.74, 6) is 1.41. The number of nitrogens with zero attached hydrogens (tertiary/aromatic N) is 2. The third-order valence-corrected chi connectivity index (χ3v) is 4.92. The summed E-state index contributed by atoms with van der Waals surface area (Å²) in [7, 11) is 1.68. The molecule has 0 saturated heterocycles. The molecule has 0 aliphatic heterocycles. The van der Waals surface area contributed by atoms with Gasteiger partial charge in [-0.2, -0.15) is 5.10 Å². The second-order valence-corrected chi connectivity index (χ2v) is 7.18. The van der Waals surface area contributed by atoms with Crippen molar-refractivity contribution >= 4 is 5.91 Å². The third kappa shape index (κ3) is 7.35. The summed E-state index contributed by atoms with van der Waals surface area (Å²) in [6.45, 7) is 3.81. The lowest BCUT2D eigenvalue weighted by molar-refractivity contribution is -0.117. The zero-order chi connectivity index (χ0) is 21.8. The molecule has 2 aromatic carbocycles. The predicted octanol–water partition coefficient (Wildman–Crippen LogP) is 5.29. The van der Waals surface area contributed by atoms with Crippen LogP contribution in [-0.4, -0.2) is 28.2 Å². The Balaban J connectivity index is 0.000000265. The standard InChI is InChI=1S/C16H15N3O.C5H10.C3H7NO/c1-11-9-14(20-2)7-8-15(11)12-3-5-13(6-4-12)16-17-10-18-19-16;1-2-4-5-3-1;1-2-3(4)5/h3-10H,1-2H3,(H,17,18,19);1-5H2;2H2,1H3,(H2,4,5). The highest BCUT2D eigenvalue weighted by Crippen LogP contribution is 2.28. The fourth-order valence-corrected chi connectivity index (χ4v) is 3.12. The number of aromatic nitrogens is 3. The van der Waals surface area contributed by atoms with Gasteiger partial charge in [0, 0.05) is 12.0 Å². The smallest absolute Gasteiger partial charge is 0.217 e. The highest BCUT2D eigenvalue weighted by molar-refractivity contribution is 5.73.